The minimum absolute atomic E-state index is 0.126. The van der Waals surface area contributed by atoms with Gasteiger partial charge in [0.25, 0.3) is 0 Å². The van der Waals surface area contributed by atoms with Gasteiger partial charge in [-0.3, -0.25) is 4.79 Å². The summed E-state index contributed by atoms with van der Waals surface area (Å²) in [5.74, 6) is -0.0240. The van der Waals surface area contributed by atoms with Crippen LogP contribution in [-0.2, 0) is 50.0 Å². The Balaban J connectivity index is 1.92. The topological polar surface area (TPSA) is 100 Å². The number of carbonyl (C=O) groups is 2. The molecule has 0 atom stereocenters. The van der Waals surface area contributed by atoms with Gasteiger partial charge in [-0.05, 0) is 61.1 Å². The molecule has 1 heterocycles. The van der Waals surface area contributed by atoms with Gasteiger partial charge in [-0.1, -0.05) is 23.8 Å². The summed E-state index contributed by atoms with van der Waals surface area (Å²) in [6, 6.07) is 7.59. The summed E-state index contributed by atoms with van der Waals surface area (Å²) in [5.41, 5.74) is 5.67. The van der Waals surface area contributed by atoms with E-state index in [4.69, 9.17) is 18.9 Å². The van der Waals surface area contributed by atoms with Crippen LogP contribution in [-0.4, -0.2) is 32.2 Å². The number of esters is 2. The molecular formula is C27H29NO7. The smallest absolute Gasteiger partial charge is 0.341 e. The summed E-state index contributed by atoms with van der Waals surface area (Å²) in [7, 11) is 2.97. The fourth-order valence-corrected chi connectivity index (χ4v) is 4.00. The normalized spacial score (nSPS) is 12.6. The summed E-state index contributed by atoms with van der Waals surface area (Å²) in [5, 5.41) is 0. The number of hydrogen-bond donors (Lipinski definition) is 0. The Morgan fingerprint density at radius 2 is 1.89 bits per heavy atom. The minimum Gasteiger partial charge on any atom is -0.497 e. The first-order valence-electron chi connectivity index (χ1n) is 11.2. The van der Waals surface area contributed by atoms with E-state index >= 15 is 0 Å². The summed E-state index contributed by atoms with van der Waals surface area (Å²) < 4.78 is 21.2. The Bertz CT molecular complexity index is 1180. The van der Waals surface area contributed by atoms with Crippen LogP contribution in [0.25, 0.3) is 0 Å². The molecule has 0 spiro atoms. The molecule has 3 rings (SSSR count). The number of methoxy groups -OCH3 is 2. The molecule has 0 aliphatic carbocycles. The molecule has 0 amide bonds. The second kappa shape index (κ2) is 12.1. The Morgan fingerprint density at radius 1 is 1.14 bits per heavy atom. The highest BCUT2D eigenvalue weighted by Gasteiger charge is 2.31. The number of fused-ring (bicyclic) bond motifs is 1. The fraction of sp³-hybridized carbons (Fsp3) is 0.370. The lowest BCUT2D eigenvalue weighted by Gasteiger charge is -2.18. The second-order valence-electron chi connectivity index (χ2n) is 8.24. The predicted molar refractivity (Wildman–Crippen MR) is 128 cm³/mol. The number of nitrogens with zero attached hydrogens (tertiary/aromatic N) is 1. The molecule has 8 heteroatoms. The molecule has 1 aliphatic heterocycles. The molecule has 0 aromatic heterocycles. The average molecular weight is 480 g/mol. The largest absolute Gasteiger partial charge is 0.497 e. The van der Waals surface area contributed by atoms with Crippen LogP contribution < -0.4 is 4.74 Å². The zero-order chi connectivity index (χ0) is 25.4. The Morgan fingerprint density at radius 3 is 2.54 bits per heavy atom. The molecule has 0 saturated carbocycles. The lowest BCUT2D eigenvalue weighted by atomic mass is 9.89. The maximum atomic E-state index is 12.5. The molecule has 1 aliphatic rings. The van der Waals surface area contributed by atoms with Gasteiger partial charge in [-0.2, -0.15) is 4.99 Å². The van der Waals surface area contributed by atoms with Crippen molar-refractivity contribution >= 4 is 23.7 Å². The molecule has 2 aromatic carbocycles. The third-order valence-corrected chi connectivity index (χ3v) is 6.08. The number of allylic oxidation sites excluding steroid dienone is 2. The van der Waals surface area contributed by atoms with E-state index in [-0.39, 0.29) is 31.3 Å². The summed E-state index contributed by atoms with van der Waals surface area (Å²) in [4.78, 5) is 39.1. The third kappa shape index (κ3) is 6.23. The molecule has 35 heavy (non-hydrogen) atoms. The maximum absolute atomic E-state index is 12.5. The summed E-state index contributed by atoms with van der Waals surface area (Å²) >= 11 is 0. The number of ether oxygens (including phenoxy) is 4. The first-order chi connectivity index (χ1) is 16.9. The van der Waals surface area contributed by atoms with E-state index in [0.717, 1.165) is 28.0 Å². The molecular weight excluding hydrogens is 450 g/mol. The van der Waals surface area contributed by atoms with Crippen molar-refractivity contribution in [3.05, 3.63) is 69.3 Å². The van der Waals surface area contributed by atoms with Gasteiger partial charge in [0, 0.05) is 12.0 Å². The molecule has 0 N–H and O–H groups in total. The Hall–Kier alpha value is -3.74. The van der Waals surface area contributed by atoms with Crippen molar-refractivity contribution < 1.29 is 33.3 Å². The van der Waals surface area contributed by atoms with Crippen LogP contribution in [0.4, 0.5) is 5.69 Å². The van der Waals surface area contributed by atoms with E-state index in [0.29, 0.717) is 36.1 Å². The van der Waals surface area contributed by atoms with Crippen molar-refractivity contribution in [3.8, 4) is 5.75 Å². The van der Waals surface area contributed by atoms with Crippen molar-refractivity contribution in [1.82, 2.24) is 0 Å². The zero-order valence-corrected chi connectivity index (χ0v) is 20.4. The van der Waals surface area contributed by atoms with Gasteiger partial charge >= 0.3 is 11.9 Å². The van der Waals surface area contributed by atoms with Crippen molar-refractivity contribution in [2.75, 3.05) is 14.2 Å². The highest BCUT2D eigenvalue weighted by Crippen LogP contribution is 2.39. The van der Waals surface area contributed by atoms with Crippen molar-refractivity contribution in [2.24, 2.45) is 4.99 Å². The van der Waals surface area contributed by atoms with E-state index in [9.17, 15) is 14.4 Å². The summed E-state index contributed by atoms with van der Waals surface area (Å²) in [6.45, 7) is 4.58. The van der Waals surface area contributed by atoms with Gasteiger partial charge < -0.3 is 18.9 Å². The van der Waals surface area contributed by atoms with Crippen LogP contribution in [0.5, 0.6) is 5.75 Å². The van der Waals surface area contributed by atoms with Gasteiger partial charge in [-0.15, -0.1) is 0 Å². The molecule has 184 valence electrons. The number of cyclic esters (lactones) is 1. The quantitative estimate of drug-likeness (QED) is 0.197. The van der Waals surface area contributed by atoms with Gasteiger partial charge in [0.1, 0.15) is 12.4 Å². The van der Waals surface area contributed by atoms with Crippen LogP contribution >= 0.6 is 0 Å². The van der Waals surface area contributed by atoms with Crippen molar-refractivity contribution in [3.63, 3.8) is 0 Å². The van der Waals surface area contributed by atoms with Crippen LogP contribution in [0.3, 0.4) is 0 Å². The number of benzene rings is 2. The van der Waals surface area contributed by atoms with Crippen LogP contribution in [0.15, 0.2) is 40.9 Å². The first-order valence-corrected chi connectivity index (χ1v) is 11.2. The van der Waals surface area contributed by atoms with Gasteiger partial charge in [0.05, 0.1) is 38.7 Å². The molecule has 0 fully saturated rings. The van der Waals surface area contributed by atoms with Gasteiger partial charge in [-0.25, -0.2) is 9.59 Å². The van der Waals surface area contributed by atoms with Crippen LogP contribution in [0.2, 0.25) is 0 Å². The SMILES string of the molecule is COC(=O)CC/C(C)=C/Cc1c(COCc2ccc(OC)cc2)c(C)c2c(c1N=C=O)C(=O)OC2. The zero-order valence-electron chi connectivity index (χ0n) is 20.4. The molecule has 8 nitrogen and oxygen atoms in total. The number of carbonyl (C=O) groups excluding carboxylic acids is 3. The van der Waals surface area contributed by atoms with Crippen LogP contribution in [0.1, 0.15) is 57.9 Å². The lowest BCUT2D eigenvalue weighted by Crippen LogP contribution is -2.07. The molecule has 0 radical (unpaired) electrons. The number of rotatable bonds is 11. The fourth-order valence-electron chi connectivity index (χ4n) is 4.00. The van der Waals surface area contributed by atoms with E-state index in [1.807, 2.05) is 44.2 Å². The molecule has 2 aromatic rings. The Kier molecular flexibility index (Phi) is 8.95. The highest BCUT2D eigenvalue weighted by atomic mass is 16.5. The number of hydrogen-bond acceptors (Lipinski definition) is 8. The molecule has 0 bridgehead atoms. The third-order valence-electron chi connectivity index (χ3n) is 6.08. The molecule has 0 saturated heterocycles. The van der Waals surface area contributed by atoms with Crippen molar-refractivity contribution in [2.45, 2.75) is 52.9 Å². The Labute approximate surface area is 204 Å². The lowest BCUT2D eigenvalue weighted by molar-refractivity contribution is -0.140. The van der Waals surface area contributed by atoms with E-state index in [2.05, 4.69) is 4.99 Å². The van der Waals surface area contributed by atoms with E-state index in [1.165, 1.54) is 7.11 Å². The van der Waals surface area contributed by atoms with Gasteiger partial charge in [0.2, 0.25) is 6.08 Å². The van der Waals surface area contributed by atoms with E-state index < -0.39 is 5.97 Å². The average Bonchev–Trinajstić information content (AvgIpc) is 3.26. The second-order valence-corrected chi connectivity index (χ2v) is 8.24. The standard InChI is InChI=1S/C27H29NO7/c1-17(6-12-24(30)33-4)5-11-21-22(14-34-13-19-7-9-20(32-3)10-8-19)18(2)23-15-35-27(31)25(23)26(21)28-16-29/h5,7-10H,6,11-15H2,1-4H3/b17-5+. The summed E-state index contributed by atoms with van der Waals surface area (Å²) in [6.07, 6.45) is 4.75. The van der Waals surface area contributed by atoms with E-state index in [1.54, 1.807) is 13.2 Å². The molecule has 0 unspecified atom stereocenters. The maximum Gasteiger partial charge on any atom is 0.341 e. The first kappa shape index (κ1) is 25.9. The van der Waals surface area contributed by atoms with Crippen LogP contribution in [0, 0.1) is 6.92 Å². The minimum atomic E-state index is -0.504. The van der Waals surface area contributed by atoms with Gasteiger partial charge in [0.15, 0.2) is 0 Å². The number of aliphatic imine (C=N–C) groups is 1. The van der Waals surface area contributed by atoms with Crippen molar-refractivity contribution in [1.29, 1.82) is 0 Å². The number of isocyanates is 1. The predicted octanol–water partition coefficient (Wildman–Crippen LogP) is 4.80. The monoisotopic (exact) mass is 479 g/mol. The highest BCUT2D eigenvalue weighted by molar-refractivity contribution is 6.00.